The molecule has 34 heavy (non-hydrogen) atoms. The molecular weight excluding hydrogens is 448 g/mol. The molecule has 0 fully saturated rings. The number of fused-ring (bicyclic) bond motifs is 2. The van der Waals surface area contributed by atoms with E-state index in [1.807, 2.05) is 30.3 Å². The molecule has 7 nitrogen and oxygen atoms in total. The Morgan fingerprint density at radius 1 is 0.882 bits per heavy atom. The monoisotopic (exact) mass is 472 g/mol. The summed E-state index contributed by atoms with van der Waals surface area (Å²) in [6, 6.07) is 16.5. The van der Waals surface area contributed by atoms with Gasteiger partial charge in [-0.15, -0.1) is 0 Å². The molecule has 2 aromatic heterocycles. The maximum absolute atomic E-state index is 13.5. The summed E-state index contributed by atoms with van der Waals surface area (Å²) in [5.41, 5.74) is 1.66. The van der Waals surface area contributed by atoms with E-state index in [4.69, 9.17) is 0 Å². The van der Waals surface area contributed by atoms with Crippen LogP contribution in [0, 0.1) is 0 Å². The number of carbonyl (C=O) groups is 1. The van der Waals surface area contributed by atoms with E-state index in [9.17, 15) is 14.4 Å². The lowest BCUT2D eigenvalue weighted by molar-refractivity contribution is -0.113. The van der Waals surface area contributed by atoms with Crippen LogP contribution in [0.1, 0.15) is 44.6 Å². The third-order valence-corrected chi connectivity index (χ3v) is 7.07. The average molecular weight is 473 g/mol. The van der Waals surface area contributed by atoms with Crippen molar-refractivity contribution in [1.29, 1.82) is 0 Å². The van der Waals surface area contributed by atoms with Crippen LogP contribution >= 0.6 is 11.3 Å². The summed E-state index contributed by atoms with van der Waals surface area (Å²) in [5.74, 6) is -0.188. The van der Waals surface area contributed by atoms with E-state index in [1.54, 1.807) is 29.2 Å². The van der Waals surface area contributed by atoms with Gasteiger partial charge in [0.15, 0.2) is 5.69 Å². The standard InChI is InChI=1S/C26H24N4O3S/c1-2-3-4-5-11-16-29-19-15-10-9-14-18(19)20(24(29)32)22-25(33)30-26(34-22)27-23(31)21(28-30)17-12-7-6-8-13-17/h6-10,12-15H,2-5,11,16H2,1H3. The van der Waals surface area contributed by atoms with E-state index in [2.05, 4.69) is 17.0 Å². The zero-order chi connectivity index (χ0) is 23.7. The molecule has 1 amide bonds. The Morgan fingerprint density at radius 2 is 1.62 bits per heavy atom. The van der Waals surface area contributed by atoms with E-state index in [0.717, 1.165) is 46.4 Å². The Bertz CT molecular complexity index is 1540. The number of benzene rings is 2. The van der Waals surface area contributed by atoms with E-state index in [-0.39, 0.29) is 21.1 Å². The van der Waals surface area contributed by atoms with Gasteiger partial charge in [0.2, 0.25) is 4.96 Å². The molecule has 1 aliphatic heterocycles. The second-order valence-electron chi connectivity index (χ2n) is 8.33. The summed E-state index contributed by atoms with van der Waals surface area (Å²) in [6.07, 6.45) is 5.46. The molecule has 0 unspecified atom stereocenters. The van der Waals surface area contributed by atoms with Crippen molar-refractivity contribution >= 4 is 33.5 Å². The molecule has 0 bridgehead atoms. The van der Waals surface area contributed by atoms with Gasteiger partial charge in [-0.1, -0.05) is 92.5 Å². The average Bonchev–Trinajstić information content (AvgIpc) is 3.31. The topological polar surface area (TPSA) is 84.6 Å². The van der Waals surface area contributed by atoms with Gasteiger partial charge in [0.25, 0.3) is 11.5 Å². The van der Waals surface area contributed by atoms with Gasteiger partial charge in [-0.3, -0.25) is 14.4 Å². The van der Waals surface area contributed by atoms with Crippen LogP contribution < -0.4 is 20.6 Å². The fourth-order valence-corrected chi connectivity index (χ4v) is 5.33. The number of anilines is 1. The zero-order valence-corrected chi connectivity index (χ0v) is 19.7. The lowest BCUT2D eigenvalue weighted by Crippen LogP contribution is -2.33. The highest BCUT2D eigenvalue weighted by molar-refractivity contribution is 7.15. The molecule has 4 aromatic rings. The predicted molar refractivity (Wildman–Crippen MR) is 134 cm³/mol. The maximum atomic E-state index is 13.5. The van der Waals surface area contributed by atoms with Crippen molar-refractivity contribution in [3.8, 4) is 11.3 Å². The highest BCUT2D eigenvalue weighted by atomic mass is 32.1. The molecule has 3 heterocycles. The zero-order valence-electron chi connectivity index (χ0n) is 18.9. The number of aromatic nitrogens is 3. The molecule has 0 spiro atoms. The maximum Gasteiger partial charge on any atom is 0.300 e. The second kappa shape index (κ2) is 9.30. The van der Waals surface area contributed by atoms with Crippen molar-refractivity contribution in [2.45, 2.75) is 39.0 Å². The van der Waals surface area contributed by atoms with Crippen LogP contribution in [0.5, 0.6) is 0 Å². The van der Waals surface area contributed by atoms with Crippen molar-refractivity contribution < 1.29 is 4.79 Å². The summed E-state index contributed by atoms with van der Waals surface area (Å²) in [6.45, 7) is 2.78. The predicted octanol–water partition coefficient (Wildman–Crippen LogP) is 3.41. The molecule has 0 saturated carbocycles. The fourth-order valence-electron chi connectivity index (χ4n) is 4.33. The van der Waals surface area contributed by atoms with E-state index >= 15 is 0 Å². The van der Waals surface area contributed by atoms with Crippen LogP contribution in [0.3, 0.4) is 0 Å². The van der Waals surface area contributed by atoms with Gasteiger partial charge >= 0.3 is 5.56 Å². The second-order valence-corrected chi connectivity index (χ2v) is 9.30. The number of rotatable bonds is 7. The van der Waals surface area contributed by atoms with Crippen LogP contribution in [0.4, 0.5) is 5.69 Å². The lowest BCUT2D eigenvalue weighted by atomic mass is 10.1. The van der Waals surface area contributed by atoms with Gasteiger partial charge in [0, 0.05) is 17.7 Å². The number of para-hydroxylation sites is 1. The largest absolute Gasteiger partial charge is 0.308 e. The van der Waals surface area contributed by atoms with Crippen LogP contribution in [0.25, 0.3) is 21.8 Å². The van der Waals surface area contributed by atoms with Crippen LogP contribution in [-0.2, 0) is 4.79 Å². The summed E-state index contributed by atoms with van der Waals surface area (Å²) >= 11 is 1.04. The molecule has 0 atom stereocenters. The first-order chi connectivity index (χ1) is 16.6. The molecular formula is C26H24N4O3S. The first-order valence-electron chi connectivity index (χ1n) is 11.5. The number of amides is 1. The third kappa shape index (κ3) is 3.84. The van der Waals surface area contributed by atoms with Crippen LogP contribution in [-0.4, -0.2) is 27.0 Å². The number of carbonyl (C=O) groups excluding carboxylic acids is 1. The van der Waals surface area contributed by atoms with Gasteiger partial charge < -0.3 is 4.90 Å². The van der Waals surface area contributed by atoms with Gasteiger partial charge in [-0.05, 0) is 12.5 Å². The van der Waals surface area contributed by atoms with Crippen molar-refractivity contribution in [2.75, 3.05) is 11.4 Å². The van der Waals surface area contributed by atoms with Crippen molar-refractivity contribution in [3.63, 3.8) is 0 Å². The normalized spacial score (nSPS) is 14.7. The number of hydrogen-bond acceptors (Lipinski definition) is 6. The van der Waals surface area contributed by atoms with Crippen molar-refractivity contribution in [2.24, 2.45) is 0 Å². The quantitative estimate of drug-likeness (QED) is 0.385. The smallest absolute Gasteiger partial charge is 0.300 e. The summed E-state index contributed by atoms with van der Waals surface area (Å²) in [5, 5.41) is 4.32. The molecule has 0 N–H and O–H groups in total. The SMILES string of the molecule is CCCCCCCN1C(=O)C(=c2sc3nc(=O)c(-c4ccccc4)nn3c2=O)c2ccccc21. The third-order valence-electron chi connectivity index (χ3n) is 6.04. The van der Waals surface area contributed by atoms with E-state index in [1.165, 1.54) is 12.8 Å². The summed E-state index contributed by atoms with van der Waals surface area (Å²) < 4.78 is 1.40. The molecule has 0 radical (unpaired) electrons. The minimum absolute atomic E-state index is 0.108. The molecule has 5 rings (SSSR count). The summed E-state index contributed by atoms with van der Waals surface area (Å²) in [7, 11) is 0. The molecule has 0 aliphatic carbocycles. The molecule has 0 saturated heterocycles. The highest BCUT2D eigenvalue weighted by Crippen LogP contribution is 2.35. The molecule has 172 valence electrons. The van der Waals surface area contributed by atoms with E-state index < -0.39 is 11.1 Å². The van der Waals surface area contributed by atoms with Crippen LogP contribution in [0.15, 0.2) is 64.2 Å². The Morgan fingerprint density at radius 3 is 2.41 bits per heavy atom. The first-order valence-corrected chi connectivity index (χ1v) is 12.4. The van der Waals surface area contributed by atoms with Gasteiger partial charge in [-0.25, -0.2) is 0 Å². The van der Waals surface area contributed by atoms with Crippen LogP contribution in [0.2, 0.25) is 0 Å². The minimum atomic E-state index is -0.504. The number of nitrogens with zero attached hydrogens (tertiary/aromatic N) is 4. The highest BCUT2D eigenvalue weighted by Gasteiger charge is 2.33. The first kappa shape index (κ1) is 22.2. The Balaban J connectivity index is 1.62. The van der Waals surface area contributed by atoms with Crippen molar-refractivity contribution in [1.82, 2.24) is 14.6 Å². The van der Waals surface area contributed by atoms with Crippen molar-refractivity contribution in [3.05, 3.63) is 85.4 Å². The molecule has 2 aromatic carbocycles. The molecule has 8 heteroatoms. The van der Waals surface area contributed by atoms with E-state index in [0.29, 0.717) is 17.7 Å². The Hall–Kier alpha value is -3.65. The Kier molecular flexibility index (Phi) is 6.06. The van der Waals surface area contributed by atoms with Gasteiger partial charge in [-0.2, -0.15) is 14.6 Å². The van der Waals surface area contributed by atoms with Gasteiger partial charge in [0.1, 0.15) is 4.53 Å². The fraction of sp³-hybridized carbons (Fsp3) is 0.269. The Labute approximate surface area is 200 Å². The number of hydrogen-bond donors (Lipinski definition) is 0. The summed E-state index contributed by atoms with van der Waals surface area (Å²) in [4.78, 5) is 45.6. The number of thiazole rings is 1. The van der Waals surface area contributed by atoms with Gasteiger partial charge in [0.05, 0.1) is 11.3 Å². The molecule has 1 aliphatic rings. The minimum Gasteiger partial charge on any atom is -0.308 e. The lowest BCUT2D eigenvalue weighted by Gasteiger charge is -2.16. The number of unbranched alkanes of at least 4 members (excludes halogenated alkanes) is 4.